The number of nitrogens with two attached hydrogens (primary N) is 1. The average molecular weight is 317 g/mol. The summed E-state index contributed by atoms with van der Waals surface area (Å²) in [6, 6.07) is -3.11. The molecule has 6 N–H and O–H groups in total. The van der Waals surface area contributed by atoms with Gasteiger partial charge >= 0.3 is 5.97 Å². The molecule has 0 radical (unpaired) electrons. The van der Waals surface area contributed by atoms with Crippen LogP contribution in [0.3, 0.4) is 0 Å². The Morgan fingerprint density at radius 2 is 1.59 bits per heavy atom. The van der Waals surface area contributed by atoms with Crippen LogP contribution in [0, 0.1) is 11.8 Å². The van der Waals surface area contributed by atoms with E-state index in [1.54, 1.807) is 13.8 Å². The molecule has 0 saturated carbocycles. The van der Waals surface area contributed by atoms with Gasteiger partial charge in [0.2, 0.25) is 11.8 Å². The lowest BCUT2D eigenvalue weighted by Crippen LogP contribution is -2.56. The first-order chi connectivity index (χ1) is 10.1. The first kappa shape index (κ1) is 20.3. The SMILES string of the molecule is CC(C)CC(N)C(=O)NC(CO)C(=O)NC(C(=O)O)C(C)C. The molecule has 0 aromatic rings. The number of carbonyl (C=O) groups is 3. The van der Waals surface area contributed by atoms with Gasteiger partial charge in [0.25, 0.3) is 0 Å². The molecular weight excluding hydrogens is 290 g/mol. The highest BCUT2D eigenvalue weighted by atomic mass is 16.4. The summed E-state index contributed by atoms with van der Waals surface area (Å²) in [5.41, 5.74) is 5.70. The Morgan fingerprint density at radius 3 is 1.95 bits per heavy atom. The first-order valence-corrected chi connectivity index (χ1v) is 7.30. The van der Waals surface area contributed by atoms with Crippen LogP contribution in [0.5, 0.6) is 0 Å². The van der Waals surface area contributed by atoms with Gasteiger partial charge in [-0.3, -0.25) is 9.59 Å². The third-order valence-electron chi connectivity index (χ3n) is 3.11. The lowest BCUT2D eigenvalue weighted by atomic mass is 10.0. The number of nitrogens with one attached hydrogen (secondary N) is 2. The Morgan fingerprint density at radius 1 is 1.05 bits per heavy atom. The molecule has 8 heteroatoms. The van der Waals surface area contributed by atoms with E-state index in [-0.39, 0.29) is 11.8 Å². The number of carboxylic acids is 1. The third kappa shape index (κ3) is 6.86. The quantitative estimate of drug-likeness (QED) is 0.372. The van der Waals surface area contributed by atoms with Gasteiger partial charge in [0, 0.05) is 0 Å². The van der Waals surface area contributed by atoms with Crippen molar-refractivity contribution < 1.29 is 24.6 Å². The van der Waals surface area contributed by atoms with Gasteiger partial charge in [-0.2, -0.15) is 0 Å². The number of rotatable bonds is 9. The minimum atomic E-state index is -1.23. The van der Waals surface area contributed by atoms with Crippen LogP contribution >= 0.6 is 0 Å². The van der Waals surface area contributed by atoms with Crippen LogP contribution in [0.2, 0.25) is 0 Å². The molecule has 0 aromatic heterocycles. The molecule has 128 valence electrons. The van der Waals surface area contributed by atoms with Crippen LogP contribution in [0.1, 0.15) is 34.1 Å². The van der Waals surface area contributed by atoms with Crippen LogP contribution in [-0.4, -0.2) is 52.7 Å². The summed E-state index contributed by atoms with van der Waals surface area (Å²) in [5, 5.41) is 22.9. The number of aliphatic hydroxyl groups is 1. The summed E-state index contributed by atoms with van der Waals surface area (Å²) >= 11 is 0. The van der Waals surface area contributed by atoms with Crippen molar-refractivity contribution in [1.29, 1.82) is 0 Å². The van der Waals surface area contributed by atoms with E-state index in [9.17, 15) is 19.5 Å². The standard InChI is InChI=1S/C14H27N3O5/c1-7(2)5-9(15)12(19)16-10(6-18)13(20)17-11(8(3)4)14(21)22/h7-11,18H,5-6,15H2,1-4H3,(H,16,19)(H,17,20)(H,21,22). The van der Waals surface area contributed by atoms with E-state index in [1.165, 1.54) is 0 Å². The molecule has 22 heavy (non-hydrogen) atoms. The van der Waals surface area contributed by atoms with Crippen molar-refractivity contribution >= 4 is 17.8 Å². The molecule has 0 spiro atoms. The van der Waals surface area contributed by atoms with Crippen LogP contribution in [0.15, 0.2) is 0 Å². The molecule has 0 heterocycles. The Bertz CT molecular complexity index is 398. The number of carbonyl (C=O) groups excluding carboxylic acids is 2. The number of aliphatic hydroxyl groups excluding tert-OH is 1. The molecular formula is C14H27N3O5. The van der Waals surface area contributed by atoms with E-state index in [0.717, 1.165) is 0 Å². The first-order valence-electron chi connectivity index (χ1n) is 7.30. The van der Waals surface area contributed by atoms with Crippen molar-refractivity contribution in [2.24, 2.45) is 17.6 Å². The topological polar surface area (TPSA) is 142 Å². The fourth-order valence-corrected chi connectivity index (χ4v) is 1.86. The molecule has 3 unspecified atom stereocenters. The second-order valence-electron chi connectivity index (χ2n) is 6.05. The minimum absolute atomic E-state index is 0.208. The van der Waals surface area contributed by atoms with Gasteiger partial charge in [-0.15, -0.1) is 0 Å². The smallest absolute Gasteiger partial charge is 0.326 e. The van der Waals surface area contributed by atoms with Gasteiger partial charge in [0.05, 0.1) is 12.6 Å². The Balaban J connectivity index is 4.72. The molecule has 3 atom stereocenters. The minimum Gasteiger partial charge on any atom is -0.480 e. The molecule has 0 aliphatic rings. The zero-order valence-electron chi connectivity index (χ0n) is 13.5. The monoisotopic (exact) mass is 317 g/mol. The highest BCUT2D eigenvalue weighted by Gasteiger charge is 2.29. The van der Waals surface area contributed by atoms with Crippen molar-refractivity contribution in [3.63, 3.8) is 0 Å². The summed E-state index contributed by atoms with van der Waals surface area (Å²) in [5.74, 6) is -2.62. The molecule has 0 aromatic carbocycles. The van der Waals surface area contributed by atoms with Crippen molar-refractivity contribution in [1.82, 2.24) is 10.6 Å². The van der Waals surface area contributed by atoms with E-state index >= 15 is 0 Å². The number of aliphatic carboxylic acids is 1. The van der Waals surface area contributed by atoms with E-state index in [2.05, 4.69) is 10.6 Å². The van der Waals surface area contributed by atoms with E-state index < -0.39 is 42.5 Å². The summed E-state index contributed by atoms with van der Waals surface area (Å²) < 4.78 is 0. The maximum Gasteiger partial charge on any atom is 0.326 e. The van der Waals surface area contributed by atoms with Gasteiger partial charge in [-0.25, -0.2) is 4.79 Å². The highest BCUT2D eigenvalue weighted by Crippen LogP contribution is 2.04. The van der Waals surface area contributed by atoms with Gasteiger partial charge in [-0.1, -0.05) is 27.7 Å². The number of carboxylic acid groups (broad SMARTS) is 1. The van der Waals surface area contributed by atoms with E-state index in [0.29, 0.717) is 6.42 Å². The van der Waals surface area contributed by atoms with Gasteiger partial charge < -0.3 is 26.6 Å². The van der Waals surface area contributed by atoms with Crippen molar-refractivity contribution in [3.05, 3.63) is 0 Å². The summed E-state index contributed by atoms with van der Waals surface area (Å²) in [7, 11) is 0. The van der Waals surface area contributed by atoms with Crippen LogP contribution in [0.25, 0.3) is 0 Å². The highest BCUT2D eigenvalue weighted by molar-refractivity contribution is 5.91. The Kier molecular flexibility index (Phi) is 8.66. The molecule has 0 aliphatic carbocycles. The van der Waals surface area contributed by atoms with Crippen molar-refractivity contribution in [2.75, 3.05) is 6.61 Å². The maximum atomic E-state index is 12.0. The second-order valence-corrected chi connectivity index (χ2v) is 6.05. The predicted octanol–water partition coefficient (Wildman–Crippen LogP) is -0.938. The van der Waals surface area contributed by atoms with Crippen molar-refractivity contribution in [3.8, 4) is 0 Å². The molecule has 0 bridgehead atoms. The van der Waals surface area contributed by atoms with Crippen LogP contribution in [0.4, 0.5) is 0 Å². The van der Waals surface area contributed by atoms with Gasteiger partial charge in [0.1, 0.15) is 12.1 Å². The maximum absolute atomic E-state index is 12.0. The molecule has 0 saturated heterocycles. The van der Waals surface area contributed by atoms with Crippen LogP contribution in [-0.2, 0) is 14.4 Å². The molecule has 0 fully saturated rings. The number of hydrogen-bond donors (Lipinski definition) is 5. The Labute approximate surface area is 130 Å². The molecule has 2 amide bonds. The zero-order valence-corrected chi connectivity index (χ0v) is 13.5. The third-order valence-corrected chi connectivity index (χ3v) is 3.11. The summed E-state index contributed by atoms with van der Waals surface area (Å²) in [4.78, 5) is 34.9. The normalized spacial score (nSPS) is 15.3. The molecule has 8 nitrogen and oxygen atoms in total. The lowest BCUT2D eigenvalue weighted by Gasteiger charge is -2.23. The number of amides is 2. The average Bonchev–Trinajstić information content (AvgIpc) is 2.39. The van der Waals surface area contributed by atoms with E-state index in [1.807, 2.05) is 13.8 Å². The van der Waals surface area contributed by atoms with E-state index in [4.69, 9.17) is 10.8 Å². The van der Waals surface area contributed by atoms with Gasteiger partial charge in [0.15, 0.2) is 0 Å². The zero-order chi connectivity index (χ0) is 17.4. The van der Waals surface area contributed by atoms with Crippen LogP contribution < -0.4 is 16.4 Å². The number of hydrogen-bond acceptors (Lipinski definition) is 5. The second kappa shape index (κ2) is 9.37. The fourth-order valence-electron chi connectivity index (χ4n) is 1.86. The predicted molar refractivity (Wildman–Crippen MR) is 80.9 cm³/mol. The molecule has 0 rings (SSSR count). The summed E-state index contributed by atoms with van der Waals surface area (Å²) in [6.45, 7) is 6.46. The largest absolute Gasteiger partial charge is 0.480 e. The summed E-state index contributed by atoms with van der Waals surface area (Å²) in [6.07, 6.45) is 0.440. The fraction of sp³-hybridized carbons (Fsp3) is 0.786. The lowest BCUT2D eigenvalue weighted by molar-refractivity contribution is -0.143. The Hall–Kier alpha value is -1.67. The van der Waals surface area contributed by atoms with Gasteiger partial charge in [-0.05, 0) is 18.3 Å². The van der Waals surface area contributed by atoms with Crippen molar-refractivity contribution in [2.45, 2.75) is 52.2 Å². The molecule has 0 aliphatic heterocycles.